The van der Waals surface area contributed by atoms with Gasteiger partial charge in [-0.2, -0.15) is 0 Å². The van der Waals surface area contributed by atoms with Gasteiger partial charge in [-0.3, -0.25) is 4.79 Å². The van der Waals surface area contributed by atoms with Gasteiger partial charge in [0.1, 0.15) is 0 Å². The average Bonchev–Trinajstić information content (AvgIpc) is 2.45. The number of hydrogen-bond acceptors (Lipinski definition) is 3. The molecule has 0 aromatic heterocycles. The molecule has 20 heavy (non-hydrogen) atoms. The van der Waals surface area contributed by atoms with Crippen molar-refractivity contribution >= 4 is 11.5 Å². The minimum absolute atomic E-state index is 0.00908. The van der Waals surface area contributed by atoms with Crippen molar-refractivity contribution in [3.05, 3.63) is 29.3 Å². The zero-order chi connectivity index (χ0) is 14.5. The van der Waals surface area contributed by atoms with Crippen LogP contribution in [0.15, 0.2) is 18.2 Å². The molecular formula is C16H21NO3. The summed E-state index contributed by atoms with van der Waals surface area (Å²) in [6.45, 7) is 2.10. The van der Waals surface area contributed by atoms with Gasteiger partial charge in [0.2, 0.25) is 5.91 Å². The highest BCUT2D eigenvalue weighted by atomic mass is 16.5. The van der Waals surface area contributed by atoms with Gasteiger partial charge in [-0.05, 0) is 48.1 Å². The number of methoxy groups -OCH3 is 2. The van der Waals surface area contributed by atoms with E-state index in [1.807, 2.05) is 6.07 Å². The van der Waals surface area contributed by atoms with Crippen LogP contribution in [0, 0.1) is 0 Å². The number of carbonyl (C=O) groups excluding carboxylic acids is 1. The Kier molecular flexibility index (Phi) is 4.66. The Balaban J connectivity index is 2.32. The highest BCUT2D eigenvalue weighted by Crippen LogP contribution is 2.38. The van der Waals surface area contributed by atoms with Crippen LogP contribution in [-0.2, 0) is 11.2 Å². The summed E-state index contributed by atoms with van der Waals surface area (Å²) in [6.07, 6.45) is 5.29. The van der Waals surface area contributed by atoms with Gasteiger partial charge >= 0.3 is 0 Å². The topological polar surface area (TPSA) is 47.6 Å². The maximum Gasteiger partial charge on any atom is 0.217 e. The van der Waals surface area contributed by atoms with Crippen LogP contribution in [0.2, 0.25) is 0 Å². The van der Waals surface area contributed by atoms with E-state index in [1.54, 1.807) is 14.2 Å². The predicted molar refractivity (Wildman–Crippen MR) is 79.1 cm³/mol. The van der Waals surface area contributed by atoms with Crippen LogP contribution in [0.1, 0.15) is 30.9 Å². The largest absolute Gasteiger partial charge is 0.493 e. The first-order valence-corrected chi connectivity index (χ1v) is 6.84. The lowest BCUT2D eigenvalue weighted by Gasteiger charge is -2.21. The quantitative estimate of drug-likeness (QED) is 0.918. The molecule has 1 aromatic rings. The minimum Gasteiger partial charge on any atom is -0.493 e. The first kappa shape index (κ1) is 14.4. The van der Waals surface area contributed by atoms with E-state index in [9.17, 15) is 4.79 Å². The van der Waals surface area contributed by atoms with Gasteiger partial charge in [-0.25, -0.2) is 0 Å². The van der Waals surface area contributed by atoms with Crippen LogP contribution in [0.3, 0.4) is 0 Å². The van der Waals surface area contributed by atoms with Crippen molar-refractivity contribution in [1.29, 1.82) is 0 Å². The molecule has 0 fully saturated rings. The molecule has 1 amide bonds. The zero-order valence-corrected chi connectivity index (χ0v) is 12.3. The van der Waals surface area contributed by atoms with Crippen LogP contribution in [0.25, 0.3) is 5.57 Å². The normalized spacial score (nSPS) is 15.7. The lowest BCUT2D eigenvalue weighted by molar-refractivity contribution is -0.118. The summed E-state index contributed by atoms with van der Waals surface area (Å²) < 4.78 is 10.7. The Hall–Kier alpha value is -1.97. The van der Waals surface area contributed by atoms with Gasteiger partial charge in [0.05, 0.1) is 14.2 Å². The van der Waals surface area contributed by atoms with Crippen molar-refractivity contribution in [3.8, 4) is 11.5 Å². The lowest BCUT2D eigenvalue weighted by Crippen LogP contribution is -2.19. The highest BCUT2D eigenvalue weighted by Gasteiger charge is 2.17. The van der Waals surface area contributed by atoms with Crippen molar-refractivity contribution in [2.45, 2.75) is 26.2 Å². The van der Waals surface area contributed by atoms with Crippen molar-refractivity contribution < 1.29 is 14.3 Å². The number of carbonyl (C=O) groups is 1. The van der Waals surface area contributed by atoms with Crippen molar-refractivity contribution in [1.82, 2.24) is 5.32 Å². The van der Waals surface area contributed by atoms with Crippen LogP contribution >= 0.6 is 0 Å². The second-order valence-electron chi connectivity index (χ2n) is 4.88. The van der Waals surface area contributed by atoms with E-state index < -0.39 is 0 Å². The molecule has 1 aromatic carbocycles. The van der Waals surface area contributed by atoms with Crippen LogP contribution < -0.4 is 14.8 Å². The fraction of sp³-hybridized carbons (Fsp3) is 0.438. The number of fused-ring (bicyclic) bond motifs is 1. The third-order valence-electron chi connectivity index (χ3n) is 3.55. The molecule has 4 heteroatoms. The average molecular weight is 275 g/mol. The van der Waals surface area contributed by atoms with Gasteiger partial charge in [0, 0.05) is 13.5 Å². The van der Waals surface area contributed by atoms with E-state index in [2.05, 4.69) is 17.5 Å². The molecule has 1 aliphatic rings. The van der Waals surface area contributed by atoms with E-state index in [0.717, 1.165) is 30.8 Å². The fourth-order valence-corrected chi connectivity index (χ4v) is 2.56. The van der Waals surface area contributed by atoms with E-state index in [1.165, 1.54) is 23.6 Å². The highest BCUT2D eigenvalue weighted by molar-refractivity contribution is 5.75. The molecule has 0 aliphatic heterocycles. The van der Waals surface area contributed by atoms with Gasteiger partial charge in [-0.1, -0.05) is 6.08 Å². The summed E-state index contributed by atoms with van der Waals surface area (Å²) >= 11 is 0. The summed E-state index contributed by atoms with van der Waals surface area (Å²) in [5.41, 5.74) is 3.75. The van der Waals surface area contributed by atoms with E-state index >= 15 is 0 Å². The van der Waals surface area contributed by atoms with Crippen molar-refractivity contribution in [3.63, 3.8) is 0 Å². The summed E-state index contributed by atoms with van der Waals surface area (Å²) in [4.78, 5) is 10.9. The summed E-state index contributed by atoms with van der Waals surface area (Å²) in [5.74, 6) is 1.51. The van der Waals surface area contributed by atoms with Crippen LogP contribution in [0.4, 0.5) is 0 Å². The Morgan fingerprint density at radius 1 is 1.25 bits per heavy atom. The minimum atomic E-state index is -0.00908. The van der Waals surface area contributed by atoms with Gasteiger partial charge in [-0.15, -0.1) is 0 Å². The van der Waals surface area contributed by atoms with Gasteiger partial charge in [0.25, 0.3) is 0 Å². The maximum absolute atomic E-state index is 10.9. The molecule has 0 radical (unpaired) electrons. The molecular weight excluding hydrogens is 254 g/mol. The molecule has 0 saturated heterocycles. The zero-order valence-electron chi connectivity index (χ0n) is 12.3. The smallest absolute Gasteiger partial charge is 0.217 e. The first-order valence-electron chi connectivity index (χ1n) is 6.84. The molecule has 1 N–H and O–H groups in total. The molecule has 0 saturated carbocycles. The maximum atomic E-state index is 10.9. The number of amides is 1. The number of aryl methyl sites for hydroxylation is 1. The first-order chi connectivity index (χ1) is 9.65. The molecule has 0 bridgehead atoms. The molecule has 2 rings (SSSR count). The van der Waals surface area contributed by atoms with Gasteiger partial charge < -0.3 is 14.8 Å². The number of rotatable bonds is 4. The molecule has 0 atom stereocenters. The summed E-state index contributed by atoms with van der Waals surface area (Å²) in [6, 6.07) is 4.09. The third kappa shape index (κ3) is 3.13. The molecule has 1 aliphatic carbocycles. The molecule has 108 valence electrons. The molecule has 0 unspecified atom stereocenters. The Morgan fingerprint density at radius 2 is 1.95 bits per heavy atom. The Bertz CT molecular complexity index is 535. The number of benzene rings is 1. The van der Waals surface area contributed by atoms with Gasteiger partial charge in [0.15, 0.2) is 11.5 Å². The number of ether oxygens (including phenoxy) is 2. The fourth-order valence-electron chi connectivity index (χ4n) is 2.56. The number of hydrogen-bond donors (Lipinski definition) is 1. The Morgan fingerprint density at radius 3 is 2.60 bits per heavy atom. The standard InChI is InChI=1S/C16H21NO3/c1-11(18)17-8-7-12-5-4-6-13-9-15(19-2)16(20-3)10-14(12)13/h7,9-10H,4-6,8H2,1-3H3,(H,17,18)/b12-7+. The Labute approximate surface area is 119 Å². The summed E-state index contributed by atoms with van der Waals surface area (Å²) in [7, 11) is 3.30. The second-order valence-corrected chi connectivity index (χ2v) is 4.88. The molecule has 0 heterocycles. The monoisotopic (exact) mass is 275 g/mol. The number of allylic oxidation sites excluding steroid dienone is 1. The van der Waals surface area contributed by atoms with Crippen molar-refractivity contribution in [2.75, 3.05) is 20.8 Å². The van der Waals surface area contributed by atoms with E-state index in [0.29, 0.717) is 6.54 Å². The predicted octanol–water partition coefficient (Wildman–Crippen LogP) is 2.56. The van der Waals surface area contributed by atoms with Crippen molar-refractivity contribution in [2.24, 2.45) is 0 Å². The van der Waals surface area contributed by atoms with Crippen LogP contribution in [-0.4, -0.2) is 26.7 Å². The van der Waals surface area contributed by atoms with Crippen LogP contribution in [0.5, 0.6) is 11.5 Å². The number of nitrogens with one attached hydrogen (secondary N) is 1. The third-order valence-corrected chi connectivity index (χ3v) is 3.55. The SMILES string of the molecule is COc1cc2c(cc1OC)/C(=C/CNC(C)=O)CCC2. The molecule has 4 nitrogen and oxygen atoms in total. The molecule has 0 spiro atoms. The lowest BCUT2D eigenvalue weighted by atomic mass is 9.86. The van der Waals surface area contributed by atoms with E-state index in [4.69, 9.17) is 9.47 Å². The van der Waals surface area contributed by atoms with E-state index in [-0.39, 0.29) is 5.91 Å². The second kappa shape index (κ2) is 6.46. The summed E-state index contributed by atoms with van der Waals surface area (Å²) in [5, 5.41) is 2.80.